The zero-order chi connectivity index (χ0) is 7.40. The molecule has 0 radical (unpaired) electrons. The Kier molecular flexibility index (Phi) is 2.71. The van der Waals surface area contributed by atoms with E-state index >= 15 is 0 Å². The first kappa shape index (κ1) is 7.57. The molecular formula is C7H8BrNO. The molecule has 0 aromatic heterocycles. The van der Waals surface area contributed by atoms with E-state index in [4.69, 9.17) is 4.84 Å². The summed E-state index contributed by atoms with van der Waals surface area (Å²) < 4.78 is 1.06. The maximum Gasteiger partial charge on any atom is 0.0636 e. The van der Waals surface area contributed by atoms with Crippen molar-refractivity contribution in [1.82, 2.24) is 0 Å². The molecular weight excluding hydrogens is 194 g/mol. The molecule has 10 heavy (non-hydrogen) atoms. The second kappa shape index (κ2) is 3.58. The Morgan fingerprint density at radius 2 is 1.90 bits per heavy atom. The van der Waals surface area contributed by atoms with Crippen LogP contribution < -0.4 is 5.48 Å². The molecule has 0 atom stereocenters. The van der Waals surface area contributed by atoms with Gasteiger partial charge >= 0.3 is 0 Å². The van der Waals surface area contributed by atoms with Crippen molar-refractivity contribution in [2.45, 2.75) is 0 Å². The fourth-order valence-corrected chi connectivity index (χ4v) is 0.900. The van der Waals surface area contributed by atoms with E-state index < -0.39 is 0 Å². The highest BCUT2D eigenvalue weighted by molar-refractivity contribution is 9.10. The first-order chi connectivity index (χ1) is 4.83. The molecule has 54 valence electrons. The summed E-state index contributed by atoms with van der Waals surface area (Å²) in [6.45, 7) is 0. The Morgan fingerprint density at radius 1 is 1.30 bits per heavy atom. The molecule has 1 aromatic rings. The zero-order valence-corrected chi connectivity index (χ0v) is 7.18. The Hall–Kier alpha value is -0.540. The van der Waals surface area contributed by atoms with E-state index in [1.807, 2.05) is 24.3 Å². The zero-order valence-electron chi connectivity index (χ0n) is 5.60. The van der Waals surface area contributed by atoms with Gasteiger partial charge in [-0.05, 0) is 24.3 Å². The van der Waals surface area contributed by atoms with Gasteiger partial charge in [-0.3, -0.25) is 10.3 Å². The molecule has 0 saturated heterocycles. The topological polar surface area (TPSA) is 21.3 Å². The lowest BCUT2D eigenvalue weighted by Crippen LogP contribution is -1.93. The predicted molar refractivity (Wildman–Crippen MR) is 44.8 cm³/mol. The summed E-state index contributed by atoms with van der Waals surface area (Å²) >= 11 is 3.33. The summed E-state index contributed by atoms with van der Waals surface area (Å²) in [5.74, 6) is 0. The van der Waals surface area contributed by atoms with Crippen molar-refractivity contribution < 1.29 is 4.84 Å². The molecule has 0 fully saturated rings. The summed E-state index contributed by atoms with van der Waals surface area (Å²) in [4.78, 5) is 4.70. The third-order valence-electron chi connectivity index (χ3n) is 1.06. The second-order valence-electron chi connectivity index (χ2n) is 1.81. The summed E-state index contributed by atoms with van der Waals surface area (Å²) in [5.41, 5.74) is 3.66. The molecule has 1 aromatic carbocycles. The number of hydrogen-bond acceptors (Lipinski definition) is 2. The van der Waals surface area contributed by atoms with Gasteiger partial charge in [-0.2, -0.15) is 0 Å². The minimum atomic E-state index is 0.950. The highest BCUT2D eigenvalue weighted by Gasteiger charge is 1.87. The fraction of sp³-hybridized carbons (Fsp3) is 0.143. The first-order valence-corrected chi connectivity index (χ1v) is 3.67. The van der Waals surface area contributed by atoms with Gasteiger partial charge in [0.25, 0.3) is 0 Å². The highest BCUT2D eigenvalue weighted by Crippen LogP contribution is 2.13. The van der Waals surface area contributed by atoms with Crippen LogP contribution in [0.25, 0.3) is 0 Å². The van der Waals surface area contributed by atoms with E-state index in [1.54, 1.807) is 7.11 Å². The van der Waals surface area contributed by atoms with Crippen LogP contribution in [0.5, 0.6) is 0 Å². The van der Waals surface area contributed by atoms with E-state index in [2.05, 4.69) is 21.4 Å². The van der Waals surface area contributed by atoms with Crippen molar-refractivity contribution in [2.24, 2.45) is 0 Å². The third kappa shape index (κ3) is 2.01. The molecule has 1 rings (SSSR count). The van der Waals surface area contributed by atoms with Gasteiger partial charge in [0.2, 0.25) is 0 Å². The Balaban J connectivity index is 2.69. The van der Waals surface area contributed by atoms with Crippen LogP contribution in [0.15, 0.2) is 28.7 Å². The molecule has 0 heterocycles. The van der Waals surface area contributed by atoms with Crippen molar-refractivity contribution in [3.05, 3.63) is 28.7 Å². The first-order valence-electron chi connectivity index (χ1n) is 2.87. The number of nitrogens with one attached hydrogen (secondary N) is 1. The van der Waals surface area contributed by atoms with Crippen molar-refractivity contribution in [1.29, 1.82) is 0 Å². The normalized spacial score (nSPS) is 9.40. The molecule has 0 aliphatic carbocycles. The average molecular weight is 202 g/mol. The van der Waals surface area contributed by atoms with Crippen LogP contribution in [0.3, 0.4) is 0 Å². The van der Waals surface area contributed by atoms with Gasteiger partial charge < -0.3 is 0 Å². The van der Waals surface area contributed by atoms with Gasteiger partial charge in [-0.25, -0.2) is 0 Å². The maximum atomic E-state index is 4.70. The molecule has 1 N–H and O–H groups in total. The van der Waals surface area contributed by atoms with Gasteiger partial charge in [-0.15, -0.1) is 0 Å². The average Bonchev–Trinajstić information content (AvgIpc) is 1.95. The van der Waals surface area contributed by atoms with Crippen LogP contribution in [-0.4, -0.2) is 7.11 Å². The Labute approximate surface area is 68.3 Å². The lowest BCUT2D eigenvalue weighted by Gasteiger charge is -2.00. The molecule has 0 saturated carbocycles. The monoisotopic (exact) mass is 201 g/mol. The van der Waals surface area contributed by atoms with Crippen LogP contribution in [0.1, 0.15) is 0 Å². The minimum Gasteiger partial charge on any atom is -0.279 e. The number of rotatable bonds is 2. The standard InChI is InChI=1S/C7H8BrNO/c1-10-9-7-4-2-6(8)3-5-7/h2-5,9H,1H3. The highest BCUT2D eigenvalue weighted by atomic mass is 79.9. The summed E-state index contributed by atoms with van der Waals surface area (Å²) in [6.07, 6.45) is 0. The van der Waals surface area contributed by atoms with E-state index in [9.17, 15) is 0 Å². The lowest BCUT2D eigenvalue weighted by molar-refractivity contribution is 0.271. The minimum absolute atomic E-state index is 0.950. The lowest BCUT2D eigenvalue weighted by atomic mass is 10.3. The quantitative estimate of drug-likeness (QED) is 0.743. The van der Waals surface area contributed by atoms with Crippen LogP contribution in [0.2, 0.25) is 0 Å². The van der Waals surface area contributed by atoms with Crippen LogP contribution in [0.4, 0.5) is 5.69 Å². The van der Waals surface area contributed by atoms with Crippen LogP contribution in [0, 0.1) is 0 Å². The number of halogens is 1. The SMILES string of the molecule is CONc1ccc(Br)cc1. The van der Waals surface area contributed by atoms with Crippen molar-refractivity contribution in [3.8, 4) is 0 Å². The summed E-state index contributed by atoms with van der Waals surface area (Å²) in [6, 6.07) is 7.74. The van der Waals surface area contributed by atoms with E-state index in [0.29, 0.717) is 0 Å². The number of anilines is 1. The van der Waals surface area contributed by atoms with Crippen LogP contribution in [-0.2, 0) is 4.84 Å². The van der Waals surface area contributed by atoms with Crippen molar-refractivity contribution >= 4 is 21.6 Å². The molecule has 0 aliphatic rings. The summed E-state index contributed by atoms with van der Waals surface area (Å²) in [7, 11) is 1.59. The van der Waals surface area contributed by atoms with Gasteiger partial charge in [0, 0.05) is 4.47 Å². The van der Waals surface area contributed by atoms with Crippen molar-refractivity contribution in [3.63, 3.8) is 0 Å². The largest absolute Gasteiger partial charge is 0.279 e. The number of benzene rings is 1. The predicted octanol–water partition coefficient (Wildman–Crippen LogP) is 2.42. The fourth-order valence-electron chi connectivity index (χ4n) is 0.636. The maximum absolute atomic E-state index is 4.70. The smallest absolute Gasteiger partial charge is 0.0636 e. The van der Waals surface area contributed by atoms with E-state index in [0.717, 1.165) is 10.2 Å². The number of hydrogen-bond donors (Lipinski definition) is 1. The molecule has 0 unspecified atom stereocenters. The van der Waals surface area contributed by atoms with Crippen LogP contribution >= 0.6 is 15.9 Å². The van der Waals surface area contributed by atoms with E-state index in [1.165, 1.54) is 0 Å². The molecule has 0 spiro atoms. The Morgan fingerprint density at radius 3 is 2.40 bits per heavy atom. The molecule has 0 bridgehead atoms. The summed E-state index contributed by atoms with van der Waals surface area (Å²) in [5, 5.41) is 0. The molecule has 0 amide bonds. The second-order valence-corrected chi connectivity index (χ2v) is 2.73. The van der Waals surface area contributed by atoms with Gasteiger partial charge in [0.05, 0.1) is 12.8 Å². The molecule has 2 nitrogen and oxygen atoms in total. The molecule has 3 heteroatoms. The van der Waals surface area contributed by atoms with Gasteiger partial charge in [-0.1, -0.05) is 15.9 Å². The Bertz CT molecular complexity index is 197. The van der Waals surface area contributed by atoms with Crippen molar-refractivity contribution in [2.75, 3.05) is 12.6 Å². The van der Waals surface area contributed by atoms with Gasteiger partial charge in [0.1, 0.15) is 0 Å². The van der Waals surface area contributed by atoms with Gasteiger partial charge in [0.15, 0.2) is 0 Å². The van der Waals surface area contributed by atoms with E-state index in [-0.39, 0.29) is 0 Å². The third-order valence-corrected chi connectivity index (χ3v) is 1.59. The molecule has 0 aliphatic heterocycles.